The number of amides is 2. The first-order chi connectivity index (χ1) is 16.6. The summed E-state index contributed by atoms with van der Waals surface area (Å²) in [5, 5.41) is 0.944. The molecule has 0 unspecified atom stereocenters. The SMILES string of the molecule is NC(=O)N(CCCCN1CCN(c2ccc3c(c2)OCCC3)CC1)c1cc2cc(Br)ccc2o1. The van der Waals surface area contributed by atoms with Crippen molar-refractivity contribution in [1.29, 1.82) is 0 Å². The second-order valence-electron chi connectivity index (χ2n) is 9.04. The number of urea groups is 1. The van der Waals surface area contributed by atoms with Crippen molar-refractivity contribution in [3.05, 3.63) is 52.5 Å². The van der Waals surface area contributed by atoms with Gasteiger partial charge in [-0.05, 0) is 62.1 Å². The Hall–Kier alpha value is -2.71. The van der Waals surface area contributed by atoms with Gasteiger partial charge in [0.2, 0.25) is 5.88 Å². The highest BCUT2D eigenvalue weighted by Gasteiger charge is 2.20. The summed E-state index contributed by atoms with van der Waals surface area (Å²) in [5.74, 6) is 1.56. The van der Waals surface area contributed by atoms with Gasteiger partial charge in [-0.25, -0.2) is 4.79 Å². The Kier molecular flexibility index (Phi) is 6.97. The number of primary amides is 1. The van der Waals surface area contributed by atoms with Crippen LogP contribution in [0.3, 0.4) is 0 Å². The van der Waals surface area contributed by atoms with E-state index in [0.29, 0.717) is 12.4 Å². The van der Waals surface area contributed by atoms with Gasteiger partial charge in [0.1, 0.15) is 11.3 Å². The Morgan fingerprint density at radius 2 is 1.91 bits per heavy atom. The number of nitrogens with two attached hydrogens (primary N) is 1. The summed E-state index contributed by atoms with van der Waals surface area (Å²) in [7, 11) is 0. The number of furan rings is 1. The number of carbonyl (C=O) groups excluding carboxylic acids is 1. The predicted molar refractivity (Wildman–Crippen MR) is 139 cm³/mol. The van der Waals surface area contributed by atoms with Crippen LogP contribution in [0.25, 0.3) is 11.0 Å². The van der Waals surface area contributed by atoms with Crippen LogP contribution in [-0.4, -0.2) is 56.8 Å². The lowest BCUT2D eigenvalue weighted by molar-refractivity contribution is 0.248. The number of anilines is 2. The van der Waals surface area contributed by atoms with E-state index in [1.165, 1.54) is 16.2 Å². The quantitative estimate of drug-likeness (QED) is 0.438. The van der Waals surface area contributed by atoms with Crippen molar-refractivity contribution in [1.82, 2.24) is 4.90 Å². The van der Waals surface area contributed by atoms with Crippen LogP contribution >= 0.6 is 15.9 Å². The van der Waals surface area contributed by atoms with Crippen molar-refractivity contribution in [2.45, 2.75) is 25.7 Å². The number of halogens is 1. The number of unbranched alkanes of at least 4 members (excludes halogenated alkanes) is 1. The number of piperazine rings is 1. The molecule has 34 heavy (non-hydrogen) atoms. The third-order valence-corrected chi connectivity index (χ3v) is 7.23. The van der Waals surface area contributed by atoms with Gasteiger partial charge >= 0.3 is 6.03 Å². The molecule has 1 aromatic heterocycles. The van der Waals surface area contributed by atoms with E-state index in [0.717, 1.165) is 86.2 Å². The molecule has 180 valence electrons. The Bertz CT molecular complexity index is 1160. The molecule has 1 saturated heterocycles. The highest BCUT2D eigenvalue weighted by molar-refractivity contribution is 9.10. The topological polar surface area (TPSA) is 75.2 Å². The number of carbonyl (C=O) groups is 1. The van der Waals surface area contributed by atoms with E-state index in [9.17, 15) is 4.79 Å². The molecule has 2 aliphatic heterocycles. The predicted octanol–water partition coefficient (Wildman–Crippen LogP) is 5.01. The van der Waals surface area contributed by atoms with Crippen LogP contribution in [0.1, 0.15) is 24.8 Å². The van der Waals surface area contributed by atoms with Crippen molar-refractivity contribution < 1.29 is 13.9 Å². The van der Waals surface area contributed by atoms with Crippen LogP contribution < -0.4 is 20.3 Å². The maximum Gasteiger partial charge on any atom is 0.321 e. The van der Waals surface area contributed by atoms with Crippen LogP contribution in [0.15, 0.2) is 51.4 Å². The molecule has 0 bridgehead atoms. The van der Waals surface area contributed by atoms with Gasteiger partial charge in [-0.2, -0.15) is 0 Å². The largest absolute Gasteiger partial charge is 0.493 e. The molecule has 2 aliphatic rings. The van der Waals surface area contributed by atoms with Crippen molar-refractivity contribution in [3.63, 3.8) is 0 Å². The third kappa shape index (κ3) is 5.18. The first kappa shape index (κ1) is 23.1. The second-order valence-corrected chi connectivity index (χ2v) is 9.95. The molecule has 0 spiro atoms. The maximum absolute atomic E-state index is 12.1. The molecule has 5 rings (SSSR count). The lowest BCUT2D eigenvalue weighted by Crippen LogP contribution is -2.46. The first-order valence-corrected chi connectivity index (χ1v) is 12.9. The number of aryl methyl sites for hydroxylation is 1. The third-order valence-electron chi connectivity index (χ3n) is 6.74. The van der Waals surface area contributed by atoms with Crippen LogP contribution in [0, 0.1) is 0 Å². The summed E-state index contributed by atoms with van der Waals surface area (Å²) < 4.78 is 12.7. The molecule has 0 aliphatic carbocycles. The second kappa shape index (κ2) is 10.3. The van der Waals surface area contributed by atoms with E-state index in [4.69, 9.17) is 14.9 Å². The summed E-state index contributed by atoms with van der Waals surface area (Å²) >= 11 is 3.47. The van der Waals surface area contributed by atoms with E-state index in [1.807, 2.05) is 24.3 Å². The zero-order valence-electron chi connectivity index (χ0n) is 19.3. The normalized spacial score (nSPS) is 16.3. The lowest BCUT2D eigenvalue weighted by Gasteiger charge is -2.36. The molecule has 2 N–H and O–H groups in total. The van der Waals surface area contributed by atoms with Crippen LogP contribution in [-0.2, 0) is 6.42 Å². The molecular formula is C26H31BrN4O3. The van der Waals surface area contributed by atoms with Gasteiger partial charge in [-0.3, -0.25) is 9.80 Å². The van der Waals surface area contributed by atoms with E-state index < -0.39 is 6.03 Å². The Morgan fingerprint density at radius 3 is 2.74 bits per heavy atom. The van der Waals surface area contributed by atoms with Crippen molar-refractivity contribution in [2.24, 2.45) is 5.73 Å². The average Bonchev–Trinajstić information content (AvgIpc) is 3.26. The van der Waals surface area contributed by atoms with Crippen molar-refractivity contribution in [3.8, 4) is 5.75 Å². The van der Waals surface area contributed by atoms with E-state index in [2.05, 4.69) is 43.9 Å². The van der Waals surface area contributed by atoms with E-state index in [-0.39, 0.29) is 0 Å². The summed E-state index contributed by atoms with van der Waals surface area (Å²) in [5.41, 5.74) is 8.98. The highest BCUT2D eigenvalue weighted by Crippen LogP contribution is 2.31. The monoisotopic (exact) mass is 526 g/mol. The Labute approximate surface area is 208 Å². The van der Waals surface area contributed by atoms with Crippen molar-refractivity contribution >= 4 is 44.5 Å². The molecule has 7 nitrogen and oxygen atoms in total. The maximum atomic E-state index is 12.1. The molecular weight excluding hydrogens is 496 g/mol. The standard InChI is InChI=1S/C26H31BrN4O3/c27-21-6-8-23-20(16-21)17-25(34-23)31(26(28)32)10-2-1-9-29-11-13-30(14-12-29)22-7-5-19-4-3-15-33-24(19)18-22/h5-8,16-18H,1-4,9-15H2,(H2,28,32). The average molecular weight is 527 g/mol. The lowest BCUT2D eigenvalue weighted by atomic mass is 10.1. The minimum absolute atomic E-state index is 0.485. The molecule has 0 atom stereocenters. The highest BCUT2D eigenvalue weighted by atomic mass is 79.9. The van der Waals surface area contributed by atoms with Crippen molar-refractivity contribution in [2.75, 3.05) is 55.7 Å². The van der Waals surface area contributed by atoms with Crippen LogP contribution in [0.2, 0.25) is 0 Å². The van der Waals surface area contributed by atoms with Gasteiger partial charge < -0.3 is 19.8 Å². The minimum Gasteiger partial charge on any atom is -0.493 e. The molecule has 0 radical (unpaired) electrons. The molecule has 3 heterocycles. The molecule has 3 aromatic rings. The smallest absolute Gasteiger partial charge is 0.321 e. The molecule has 0 saturated carbocycles. The Morgan fingerprint density at radius 1 is 1.06 bits per heavy atom. The zero-order valence-corrected chi connectivity index (χ0v) is 20.9. The Balaban J connectivity index is 1.09. The molecule has 2 aromatic carbocycles. The number of hydrogen-bond acceptors (Lipinski definition) is 5. The fourth-order valence-electron chi connectivity index (χ4n) is 4.82. The summed E-state index contributed by atoms with van der Waals surface area (Å²) in [4.78, 5) is 18.5. The summed E-state index contributed by atoms with van der Waals surface area (Å²) in [6, 6.07) is 13.8. The van der Waals surface area contributed by atoms with Crippen LogP contribution in [0.5, 0.6) is 5.75 Å². The number of nitrogens with zero attached hydrogens (tertiary/aromatic N) is 3. The van der Waals surface area contributed by atoms with Gasteiger partial charge in [0.25, 0.3) is 0 Å². The number of hydrogen-bond donors (Lipinski definition) is 1. The van der Waals surface area contributed by atoms with Crippen LogP contribution in [0.4, 0.5) is 16.4 Å². The van der Waals surface area contributed by atoms with Gasteiger partial charge in [0.15, 0.2) is 0 Å². The number of rotatable bonds is 7. The van der Waals surface area contributed by atoms with Gasteiger partial charge in [-0.1, -0.05) is 22.0 Å². The molecule has 2 amide bonds. The fourth-order valence-corrected chi connectivity index (χ4v) is 5.20. The molecule has 1 fully saturated rings. The van der Waals surface area contributed by atoms with E-state index in [1.54, 1.807) is 0 Å². The van der Waals surface area contributed by atoms with Gasteiger partial charge in [0, 0.05) is 60.4 Å². The number of benzene rings is 2. The van der Waals surface area contributed by atoms with Gasteiger partial charge in [0.05, 0.1) is 6.61 Å². The summed E-state index contributed by atoms with van der Waals surface area (Å²) in [6.45, 7) is 6.49. The first-order valence-electron chi connectivity index (χ1n) is 12.1. The zero-order chi connectivity index (χ0) is 23.5. The van der Waals surface area contributed by atoms with E-state index >= 15 is 0 Å². The number of fused-ring (bicyclic) bond motifs is 2. The minimum atomic E-state index is -0.485. The summed E-state index contributed by atoms with van der Waals surface area (Å²) in [6.07, 6.45) is 4.09. The number of ether oxygens (including phenoxy) is 1. The van der Waals surface area contributed by atoms with Gasteiger partial charge in [-0.15, -0.1) is 0 Å². The molecule has 8 heteroatoms. The fraction of sp³-hybridized carbons (Fsp3) is 0.423.